The molecule has 6 heteroatoms. The number of anilines is 1. The fourth-order valence-electron chi connectivity index (χ4n) is 1.16. The molecule has 2 heterocycles. The summed E-state index contributed by atoms with van der Waals surface area (Å²) in [5.74, 6) is 0.820. The van der Waals surface area contributed by atoms with E-state index in [1.165, 1.54) is 0 Å². The number of rotatable bonds is 2. The smallest absolute Gasteiger partial charge is 0.296 e. The molecule has 0 unspecified atom stereocenters. The summed E-state index contributed by atoms with van der Waals surface area (Å²) >= 11 is 0. The van der Waals surface area contributed by atoms with E-state index in [1.54, 1.807) is 19.2 Å². The van der Waals surface area contributed by atoms with E-state index in [9.17, 15) is 4.79 Å². The molecule has 16 heavy (non-hydrogen) atoms. The molecular weight excluding hydrogens is 206 g/mol. The maximum atomic E-state index is 11.6. The topological polar surface area (TPSA) is 83.6 Å². The highest BCUT2D eigenvalue weighted by atomic mass is 16.2. The predicted molar refractivity (Wildman–Crippen MR) is 58.0 cm³/mol. The minimum atomic E-state index is -0.374. The second-order valence-corrected chi connectivity index (χ2v) is 3.42. The number of pyridine rings is 1. The molecule has 2 N–H and O–H groups in total. The standard InChI is InChI=1S/C10H11N5O/c1-6-3-4-8(11-5-6)13-10(16)9-12-7(2)14-15-9/h3-5H,1-2H3,(H,11,13,16)(H,12,14,15). The summed E-state index contributed by atoms with van der Waals surface area (Å²) in [4.78, 5) is 19.6. The zero-order valence-corrected chi connectivity index (χ0v) is 8.98. The first-order valence-corrected chi connectivity index (χ1v) is 4.78. The number of carbonyl (C=O) groups excluding carboxylic acids is 1. The summed E-state index contributed by atoms with van der Waals surface area (Å²) in [6.45, 7) is 3.66. The molecule has 0 radical (unpaired) electrons. The second-order valence-electron chi connectivity index (χ2n) is 3.42. The van der Waals surface area contributed by atoms with Gasteiger partial charge in [0.2, 0.25) is 5.82 Å². The molecule has 0 saturated heterocycles. The average Bonchev–Trinajstić information content (AvgIpc) is 2.68. The maximum absolute atomic E-state index is 11.6. The number of aryl methyl sites for hydroxylation is 2. The zero-order chi connectivity index (χ0) is 11.5. The lowest BCUT2D eigenvalue weighted by molar-refractivity contribution is 0.101. The Labute approximate surface area is 92.1 Å². The van der Waals surface area contributed by atoms with E-state index in [1.807, 2.05) is 13.0 Å². The van der Waals surface area contributed by atoms with Crippen LogP contribution in [0.5, 0.6) is 0 Å². The summed E-state index contributed by atoms with van der Waals surface area (Å²) < 4.78 is 0. The zero-order valence-electron chi connectivity index (χ0n) is 8.98. The number of carbonyl (C=O) groups is 1. The van der Waals surface area contributed by atoms with Gasteiger partial charge in [-0.15, -0.1) is 5.10 Å². The van der Waals surface area contributed by atoms with Gasteiger partial charge in [0.1, 0.15) is 11.6 Å². The Hall–Kier alpha value is -2.24. The van der Waals surface area contributed by atoms with Crippen LogP contribution >= 0.6 is 0 Å². The van der Waals surface area contributed by atoms with Crippen molar-refractivity contribution in [2.75, 3.05) is 5.32 Å². The molecule has 0 fully saturated rings. The molecule has 0 aliphatic heterocycles. The number of H-pyrrole nitrogens is 1. The van der Waals surface area contributed by atoms with E-state index < -0.39 is 0 Å². The van der Waals surface area contributed by atoms with Crippen molar-refractivity contribution in [3.8, 4) is 0 Å². The van der Waals surface area contributed by atoms with Crippen LogP contribution in [-0.4, -0.2) is 26.1 Å². The van der Waals surface area contributed by atoms with Crippen molar-refractivity contribution in [2.24, 2.45) is 0 Å². The Morgan fingerprint density at radius 2 is 2.19 bits per heavy atom. The summed E-state index contributed by atoms with van der Waals surface area (Å²) in [5.41, 5.74) is 1.03. The Morgan fingerprint density at radius 3 is 2.75 bits per heavy atom. The lowest BCUT2D eigenvalue weighted by atomic mass is 10.3. The molecule has 2 rings (SSSR count). The summed E-state index contributed by atoms with van der Waals surface area (Å²) in [6.07, 6.45) is 1.68. The molecule has 0 spiro atoms. The Morgan fingerprint density at radius 1 is 1.38 bits per heavy atom. The molecule has 0 atom stereocenters. The van der Waals surface area contributed by atoms with Crippen molar-refractivity contribution in [1.29, 1.82) is 0 Å². The van der Waals surface area contributed by atoms with Crippen molar-refractivity contribution in [2.45, 2.75) is 13.8 Å². The van der Waals surface area contributed by atoms with Gasteiger partial charge in [0.15, 0.2) is 0 Å². The van der Waals surface area contributed by atoms with Gasteiger partial charge in [-0.2, -0.15) is 0 Å². The first-order chi connectivity index (χ1) is 7.65. The van der Waals surface area contributed by atoms with E-state index in [0.717, 1.165) is 5.56 Å². The van der Waals surface area contributed by atoms with Crippen LogP contribution < -0.4 is 5.32 Å². The Kier molecular flexibility index (Phi) is 2.63. The summed E-state index contributed by atoms with van der Waals surface area (Å²) in [7, 11) is 0. The van der Waals surface area contributed by atoms with E-state index >= 15 is 0 Å². The van der Waals surface area contributed by atoms with Crippen LogP contribution in [0.4, 0.5) is 5.82 Å². The van der Waals surface area contributed by atoms with Crippen LogP contribution in [-0.2, 0) is 0 Å². The van der Waals surface area contributed by atoms with E-state index in [-0.39, 0.29) is 11.7 Å². The van der Waals surface area contributed by atoms with Gasteiger partial charge >= 0.3 is 0 Å². The lowest BCUT2D eigenvalue weighted by Crippen LogP contribution is -2.14. The maximum Gasteiger partial charge on any atom is 0.296 e. The molecule has 6 nitrogen and oxygen atoms in total. The quantitative estimate of drug-likeness (QED) is 0.788. The molecule has 0 aliphatic carbocycles. The van der Waals surface area contributed by atoms with Crippen molar-refractivity contribution < 1.29 is 4.79 Å². The van der Waals surface area contributed by atoms with E-state index in [4.69, 9.17) is 0 Å². The number of hydrogen-bond acceptors (Lipinski definition) is 4. The highest BCUT2D eigenvalue weighted by Gasteiger charge is 2.11. The van der Waals surface area contributed by atoms with Gasteiger partial charge in [-0.3, -0.25) is 9.89 Å². The van der Waals surface area contributed by atoms with Crippen molar-refractivity contribution in [3.05, 3.63) is 35.5 Å². The molecule has 0 aliphatic rings. The minimum Gasteiger partial charge on any atom is -0.304 e. The van der Waals surface area contributed by atoms with Gasteiger partial charge in [-0.25, -0.2) is 9.97 Å². The summed E-state index contributed by atoms with van der Waals surface area (Å²) in [6, 6.07) is 3.60. The fourth-order valence-corrected chi connectivity index (χ4v) is 1.16. The van der Waals surface area contributed by atoms with E-state index in [2.05, 4.69) is 25.5 Å². The molecule has 2 aromatic heterocycles. The predicted octanol–water partition coefficient (Wildman–Crippen LogP) is 1.07. The third kappa shape index (κ3) is 2.22. The van der Waals surface area contributed by atoms with Crippen LogP contribution in [0.1, 0.15) is 22.0 Å². The molecule has 0 bridgehead atoms. The highest BCUT2D eigenvalue weighted by molar-refractivity contribution is 6.00. The molecule has 0 aromatic carbocycles. The first-order valence-electron chi connectivity index (χ1n) is 4.78. The minimum absolute atomic E-state index is 0.111. The van der Waals surface area contributed by atoms with Gasteiger partial charge in [-0.1, -0.05) is 6.07 Å². The normalized spacial score (nSPS) is 10.1. The van der Waals surface area contributed by atoms with Crippen molar-refractivity contribution in [1.82, 2.24) is 20.2 Å². The van der Waals surface area contributed by atoms with Gasteiger partial charge in [0.25, 0.3) is 5.91 Å². The number of nitrogens with one attached hydrogen (secondary N) is 2. The van der Waals surface area contributed by atoms with Crippen molar-refractivity contribution >= 4 is 11.7 Å². The molecule has 0 saturated carbocycles. The van der Waals surface area contributed by atoms with E-state index in [0.29, 0.717) is 11.6 Å². The van der Waals surface area contributed by atoms with Crippen LogP contribution in [0.2, 0.25) is 0 Å². The fraction of sp³-hybridized carbons (Fsp3) is 0.200. The number of aromatic nitrogens is 4. The Balaban J connectivity index is 2.10. The van der Waals surface area contributed by atoms with Gasteiger partial charge in [0, 0.05) is 6.20 Å². The van der Waals surface area contributed by atoms with Crippen LogP contribution in [0.15, 0.2) is 18.3 Å². The van der Waals surface area contributed by atoms with Crippen LogP contribution in [0.25, 0.3) is 0 Å². The van der Waals surface area contributed by atoms with Gasteiger partial charge < -0.3 is 5.32 Å². The lowest BCUT2D eigenvalue weighted by Gasteiger charge is -2.00. The SMILES string of the molecule is Cc1ccc(NC(=O)c2n[nH]c(C)n2)nc1. The Bertz CT molecular complexity index is 502. The first kappa shape index (κ1) is 10.3. The number of nitrogens with zero attached hydrogens (tertiary/aromatic N) is 3. The number of aromatic amines is 1. The second kappa shape index (κ2) is 4.09. The molecule has 1 amide bonds. The van der Waals surface area contributed by atoms with Gasteiger partial charge in [0.05, 0.1) is 0 Å². The highest BCUT2D eigenvalue weighted by Crippen LogP contribution is 2.05. The average molecular weight is 217 g/mol. The van der Waals surface area contributed by atoms with Crippen molar-refractivity contribution in [3.63, 3.8) is 0 Å². The molecular formula is C10H11N5O. The van der Waals surface area contributed by atoms with Crippen LogP contribution in [0, 0.1) is 13.8 Å². The summed E-state index contributed by atoms with van der Waals surface area (Å²) in [5, 5.41) is 8.96. The molecule has 2 aromatic rings. The largest absolute Gasteiger partial charge is 0.304 e. The number of hydrogen-bond donors (Lipinski definition) is 2. The molecule has 82 valence electrons. The third-order valence-corrected chi connectivity index (χ3v) is 1.95. The third-order valence-electron chi connectivity index (χ3n) is 1.95. The monoisotopic (exact) mass is 217 g/mol. The van der Waals surface area contributed by atoms with Gasteiger partial charge in [-0.05, 0) is 25.5 Å². The number of amides is 1. The van der Waals surface area contributed by atoms with Crippen LogP contribution in [0.3, 0.4) is 0 Å².